The average molecular weight is 343 g/mol. The topological polar surface area (TPSA) is 64.4 Å². The first-order chi connectivity index (χ1) is 11.6. The van der Waals surface area contributed by atoms with Gasteiger partial charge in [0.1, 0.15) is 18.1 Å². The fourth-order valence-electron chi connectivity index (χ4n) is 2.17. The third kappa shape index (κ3) is 3.75. The van der Waals surface area contributed by atoms with Crippen LogP contribution in [0.3, 0.4) is 0 Å². The van der Waals surface area contributed by atoms with E-state index in [0.29, 0.717) is 27.8 Å². The van der Waals surface area contributed by atoms with Crippen molar-refractivity contribution in [2.75, 3.05) is 5.32 Å². The fraction of sp³-hybridized carbons (Fsp3) is 0.111. The van der Waals surface area contributed by atoms with Gasteiger partial charge in [-0.3, -0.25) is 4.79 Å². The number of carbonyl (C=O) groups is 1. The predicted molar refractivity (Wildman–Crippen MR) is 91.4 cm³/mol. The van der Waals surface area contributed by atoms with E-state index in [4.69, 9.17) is 20.9 Å². The molecule has 0 aliphatic rings. The number of nitrogens with zero attached hydrogens (tertiary/aromatic N) is 1. The van der Waals surface area contributed by atoms with E-state index in [1.165, 1.54) is 0 Å². The summed E-state index contributed by atoms with van der Waals surface area (Å²) in [5, 5.41) is 7.13. The molecule has 0 bridgehead atoms. The Morgan fingerprint density at radius 2 is 2.00 bits per heavy atom. The van der Waals surface area contributed by atoms with Crippen molar-refractivity contribution in [3.63, 3.8) is 0 Å². The van der Waals surface area contributed by atoms with Gasteiger partial charge in [-0.05, 0) is 37.3 Å². The molecule has 0 spiro atoms. The number of hydrogen-bond acceptors (Lipinski definition) is 4. The van der Waals surface area contributed by atoms with Crippen LogP contribution in [0.5, 0.6) is 5.75 Å². The van der Waals surface area contributed by atoms with Crippen molar-refractivity contribution < 1.29 is 14.1 Å². The van der Waals surface area contributed by atoms with Crippen molar-refractivity contribution in [1.29, 1.82) is 0 Å². The first-order valence-corrected chi connectivity index (χ1v) is 7.71. The van der Waals surface area contributed by atoms with Gasteiger partial charge in [0.25, 0.3) is 5.91 Å². The maximum atomic E-state index is 12.4. The molecule has 3 rings (SSSR count). The van der Waals surface area contributed by atoms with E-state index in [2.05, 4.69) is 10.5 Å². The lowest BCUT2D eigenvalue weighted by Gasteiger charge is -2.07. The molecule has 2 aromatic carbocycles. The minimum absolute atomic E-state index is 0.192. The SMILES string of the molecule is Cc1onc(C(=O)Nc2cccc(Cl)c2)c1COc1ccccc1. The van der Waals surface area contributed by atoms with E-state index < -0.39 is 0 Å². The molecule has 0 aliphatic heterocycles. The summed E-state index contributed by atoms with van der Waals surface area (Å²) in [6.45, 7) is 1.94. The summed E-state index contributed by atoms with van der Waals surface area (Å²) >= 11 is 5.92. The van der Waals surface area contributed by atoms with Crippen molar-refractivity contribution in [3.05, 3.63) is 76.6 Å². The van der Waals surface area contributed by atoms with Gasteiger partial charge < -0.3 is 14.6 Å². The van der Waals surface area contributed by atoms with Gasteiger partial charge in [-0.2, -0.15) is 0 Å². The van der Waals surface area contributed by atoms with Gasteiger partial charge in [-0.25, -0.2) is 0 Å². The van der Waals surface area contributed by atoms with Crippen LogP contribution in [0, 0.1) is 6.92 Å². The molecule has 0 saturated carbocycles. The van der Waals surface area contributed by atoms with E-state index >= 15 is 0 Å². The van der Waals surface area contributed by atoms with Crippen molar-refractivity contribution in [3.8, 4) is 5.75 Å². The molecule has 0 atom stereocenters. The van der Waals surface area contributed by atoms with Gasteiger partial charge in [0, 0.05) is 10.7 Å². The highest BCUT2D eigenvalue weighted by Gasteiger charge is 2.20. The van der Waals surface area contributed by atoms with Crippen molar-refractivity contribution >= 4 is 23.2 Å². The summed E-state index contributed by atoms with van der Waals surface area (Å²) < 4.78 is 10.8. The van der Waals surface area contributed by atoms with Crippen LogP contribution in [-0.4, -0.2) is 11.1 Å². The van der Waals surface area contributed by atoms with Gasteiger partial charge in [-0.1, -0.05) is 41.0 Å². The number of nitrogens with one attached hydrogen (secondary N) is 1. The molecule has 0 unspecified atom stereocenters. The Morgan fingerprint density at radius 3 is 2.75 bits per heavy atom. The Labute approximate surface area is 144 Å². The third-order valence-corrected chi connectivity index (χ3v) is 3.64. The second-order valence-electron chi connectivity index (χ2n) is 5.13. The third-order valence-electron chi connectivity index (χ3n) is 3.41. The van der Waals surface area contributed by atoms with Crippen LogP contribution in [0.4, 0.5) is 5.69 Å². The zero-order valence-electron chi connectivity index (χ0n) is 13.0. The largest absolute Gasteiger partial charge is 0.489 e. The van der Waals surface area contributed by atoms with Crippen molar-refractivity contribution in [1.82, 2.24) is 5.16 Å². The lowest BCUT2D eigenvalue weighted by Crippen LogP contribution is -2.15. The summed E-state index contributed by atoms with van der Waals surface area (Å²) in [4.78, 5) is 12.4. The molecule has 0 fully saturated rings. The predicted octanol–water partition coefficient (Wildman–Crippen LogP) is 4.47. The number of aryl methyl sites for hydroxylation is 1. The first-order valence-electron chi connectivity index (χ1n) is 7.33. The molecule has 5 nitrogen and oxygen atoms in total. The Morgan fingerprint density at radius 1 is 1.21 bits per heavy atom. The first kappa shape index (κ1) is 16.1. The van der Waals surface area contributed by atoms with Gasteiger partial charge in [0.05, 0.1) is 5.56 Å². The molecule has 0 aliphatic carbocycles. The Hall–Kier alpha value is -2.79. The Bertz CT molecular complexity index is 846. The monoisotopic (exact) mass is 342 g/mol. The average Bonchev–Trinajstić information content (AvgIpc) is 2.95. The van der Waals surface area contributed by atoms with E-state index in [-0.39, 0.29) is 18.2 Å². The Balaban J connectivity index is 1.75. The molecule has 3 aromatic rings. The number of hydrogen-bond donors (Lipinski definition) is 1. The number of halogens is 1. The normalized spacial score (nSPS) is 10.4. The van der Waals surface area contributed by atoms with Crippen LogP contribution in [0.1, 0.15) is 21.8 Å². The molecule has 1 N–H and O–H groups in total. The summed E-state index contributed by atoms with van der Waals surface area (Å²) in [7, 11) is 0. The highest BCUT2D eigenvalue weighted by Crippen LogP contribution is 2.20. The zero-order valence-corrected chi connectivity index (χ0v) is 13.7. The number of amides is 1. The van der Waals surface area contributed by atoms with Gasteiger partial charge in [0.15, 0.2) is 5.69 Å². The lowest BCUT2D eigenvalue weighted by molar-refractivity contribution is 0.101. The molecule has 0 radical (unpaired) electrons. The maximum Gasteiger partial charge on any atom is 0.278 e. The summed E-state index contributed by atoms with van der Waals surface area (Å²) in [6.07, 6.45) is 0. The number of carbonyl (C=O) groups excluding carboxylic acids is 1. The Kier molecular flexibility index (Phi) is 4.82. The minimum atomic E-state index is -0.374. The smallest absolute Gasteiger partial charge is 0.278 e. The van der Waals surface area contributed by atoms with Crippen LogP contribution in [-0.2, 0) is 6.61 Å². The van der Waals surface area contributed by atoms with Crippen molar-refractivity contribution in [2.24, 2.45) is 0 Å². The number of para-hydroxylation sites is 1. The molecule has 24 heavy (non-hydrogen) atoms. The van der Waals surface area contributed by atoms with Gasteiger partial charge in [0.2, 0.25) is 0 Å². The quantitative estimate of drug-likeness (QED) is 0.743. The van der Waals surface area contributed by atoms with E-state index in [0.717, 1.165) is 0 Å². The number of rotatable bonds is 5. The minimum Gasteiger partial charge on any atom is -0.489 e. The van der Waals surface area contributed by atoms with Gasteiger partial charge in [-0.15, -0.1) is 0 Å². The molecule has 6 heteroatoms. The van der Waals surface area contributed by atoms with Crippen LogP contribution in [0.25, 0.3) is 0 Å². The van der Waals surface area contributed by atoms with Gasteiger partial charge >= 0.3 is 0 Å². The van der Waals surface area contributed by atoms with Crippen LogP contribution in [0.15, 0.2) is 59.1 Å². The molecular formula is C18H15ClN2O3. The highest BCUT2D eigenvalue weighted by atomic mass is 35.5. The molecule has 1 amide bonds. The number of anilines is 1. The lowest BCUT2D eigenvalue weighted by atomic mass is 10.2. The maximum absolute atomic E-state index is 12.4. The molecule has 0 saturated heterocycles. The fourth-order valence-corrected chi connectivity index (χ4v) is 2.36. The zero-order chi connectivity index (χ0) is 16.9. The van der Waals surface area contributed by atoms with E-state index in [1.807, 2.05) is 30.3 Å². The highest BCUT2D eigenvalue weighted by molar-refractivity contribution is 6.30. The number of ether oxygens (including phenoxy) is 1. The number of benzene rings is 2. The second-order valence-corrected chi connectivity index (χ2v) is 5.57. The summed E-state index contributed by atoms with van der Waals surface area (Å²) in [5.41, 5.74) is 1.39. The van der Waals surface area contributed by atoms with Crippen LogP contribution in [0.2, 0.25) is 5.02 Å². The molecular weight excluding hydrogens is 328 g/mol. The summed E-state index contributed by atoms with van der Waals surface area (Å²) in [6, 6.07) is 16.2. The van der Waals surface area contributed by atoms with Crippen LogP contribution >= 0.6 is 11.6 Å². The van der Waals surface area contributed by atoms with Crippen LogP contribution < -0.4 is 10.1 Å². The number of aromatic nitrogens is 1. The summed E-state index contributed by atoms with van der Waals surface area (Å²) in [5.74, 6) is 0.877. The molecule has 122 valence electrons. The van der Waals surface area contributed by atoms with E-state index in [9.17, 15) is 4.79 Å². The standard InChI is InChI=1S/C18H15ClN2O3/c1-12-16(11-23-15-8-3-2-4-9-15)17(21-24-12)18(22)20-14-7-5-6-13(19)10-14/h2-10H,11H2,1H3,(H,20,22). The molecule has 1 aromatic heterocycles. The second kappa shape index (κ2) is 7.19. The van der Waals surface area contributed by atoms with E-state index in [1.54, 1.807) is 31.2 Å². The van der Waals surface area contributed by atoms with Crippen molar-refractivity contribution in [2.45, 2.75) is 13.5 Å². The molecule has 1 heterocycles.